The van der Waals surface area contributed by atoms with Crippen LogP contribution in [-0.2, 0) is 0 Å². The maximum absolute atomic E-state index is 13.2. The molecule has 4 aromatic rings. The molecule has 0 amide bonds. The summed E-state index contributed by atoms with van der Waals surface area (Å²) >= 11 is 0. The van der Waals surface area contributed by atoms with Crippen LogP contribution in [0.25, 0.3) is 22.4 Å². The van der Waals surface area contributed by atoms with Crippen molar-refractivity contribution in [3.8, 4) is 17.3 Å². The Kier molecular flexibility index (Phi) is 2.62. The predicted molar refractivity (Wildman–Crippen MR) is 75.4 cm³/mol. The second kappa shape index (κ2) is 4.62. The largest absolute Gasteiger partial charge is 0.505 e. The minimum Gasteiger partial charge on any atom is -0.505 e. The molecule has 0 unspecified atom stereocenters. The number of hydrogen-bond donors (Lipinski definition) is 1. The second-order valence-electron chi connectivity index (χ2n) is 4.68. The number of rotatable bonds is 2. The van der Waals surface area contributed by atoms with Gasteiger partial charge in [-0.3, -0.25) is 4.98 Å². The Bertz CT molecular complexity index is 976. The Morgan fingerprint density at radius 3 is 2.68 bits per heavy atom. The summed E-state index contributed by atoms with van der Waals surface area (Å²) < 4.78 is 16.2. The van der Waals surface area contributed by atoms with Gasteiger partial charge in [0.25, 0.3) is 0 Å². The quantitative estimate of drug-likeness (QED) is 0.610. The summed E-state index contributed by atoms with van der Waals surface area (Å²) in [6, 6.07) is 3.12. The molecule has 0 aliphatic carbocycles. The van der Waals surface area contributed by atoms with Crippen LogP contribution < -0.4 is 0 Å². The summed E-state index contributed by atoms with van der Waals surface area (Å²) in [5.41, 5.74) is 1.18. The van der Waals surface area contributed by atoms with Crippen LogP contribution >= 0.6 is 0 Å². The Morgan fingerprint density at radius 1 is 1.00 bits per heavy atom. The first kappa shape index (κ1) is 12.5. The van der Waals surface area contributed by atoms with E-state index in [-0.39, 0.29) is 5.75 Å². The van der Waals surface area contributed by atoms with Crippen molar-refractivity contribution in [1.82, 2.24) is 29.5 Å². The summed E-state index contributed by atoms with van der Waals surface area (Å²) in [7, 11) is 0. The first-order valence-electron chi connectivity index (χ1n) is 6.39. The van der Waals surface area contributed by atoms with Crippen molar-refractivity contribution in [3.05, 3.63) is 55.1 Å². The first-order chi connectivity index (χ1) is 10.7. The van der Waals surface area contributed by atoms with Crippen LogP contribution in [0.4, 0.5) is 4.39 Å². The fraction of sp³-hybridized carbons (Fsp3) is 0. The van der Waals surface area contributed by atoms with Gasteiger partial charge in [0.2, 0.25) is 0 Å². The number of fused-ring (bicyclic) bond motifs is 1. The molecular formula is C14H9FN6O. The van der Waals surface area contributed by atoms with E-state index in [2.05, 4.69) is 20.2 Å². The van der Waals surface area contributed by atoms with E-state index in [4.69, 9.17) is 0 Å². The molecule has 4 aromatic heterocycles. The lowest BCUT2D eigenvalue weighted by atomic mass is 10.3. The van der Waals surface area contributed by atoms with Crippen molar-refractivity contribution in [2.75, 3.05) is 0 Å². The van der Waals surface area contributed by atoms with Gasteiger partial charge in [-0.2, -0.15) is 10.2 Å². The number of aromatic nitrogens is 6. The molecule has 108 valence electrons. The van der Waals surface area contributed by atoms with Crippen molar-refractivity contribution in [2.24, 2.45) is 0 Å². The van der Waals surface area contributed by atoms with E-state index in [0.29, 0.717) is 17.0 Å². The van der Waals surface area contributed by atoms with Crippen LogP contribution in [0.15, 0.2) is 49.3 Å². The SMILES string of the molecule is Oc1cnn(-c2cc3cn(-c4cncc(F)c4)nc3cn2)c1. The fourth-order valence-electron chi connectivity index (χ4n) is 2.14. The Labute approximate surface area is 123 Å². The number of pyridine rings is 2. The lowest BCUT2D eigenvalue weighted by Gasteiger charge is -1.98. The van der Waals surface area contributed by atoms with E-state index in [9.17, 15) is 9.50 Å². The average Bonchev–Trinajstić information content (AvgIpc) is 3.12. The molecule has 7 nitrogen and oxygen atoms in total. The van der Waals surface area contributed by atoms with Crippen LogP contribution in [0, 0.1) is 5.82 Å². The maximum Gasteiger partial charge on any atom is 0.154 e. The van der Waals surface area contributed by atoms with E-state index in [0.717, 1.165) is 11.6 Å². The maximum atomic E-state index is 13.2. The summed E-state index contributed by atoms with van der Waals surface area (Å²) in [5.74, 6) is 0.177. The van der Waals surface area contributed by atoms with Crippen molar-refractivity contribution in [1.29, 1.82) is 0 Å². The topological polar surface area (TPSA) is 81.7 Å². The molecule has 0 radical (unpaired) electrons. The van der Waals surface area contributed by atoms with Crippen molar-refractivity contribution in [2.45, 2.75) is 0 Å². The third kappa shape index (κ3) is 2.06. The summed E-state index contributed by atoms with van der Waals surface area (Å²) in [5, 5.41) is 18.5. The average molecular weight is 296 g/mol. The predicted octanol–water partition coefficient (Wildman–Crippen LogP) is 1.85. The molecular weight excluding hydrogens is 287 g/mol. The van der Waals surface area contributed by atoms with E-state index >= 15 is 0 Å². The van der Waals surface area contributed by atoms with Crippen LogP contribution in [0.3, 0.4) is 0 Å². The van der Waals surface area contributed by atoms with Crippen molar-refractivity contribution < 1.29 is 9.50 Å². The summed E-state index contributed by atoms with van der Waals surface area (Å²) in [4.78, 5) is 8.04. The third-order valence-corrected chi connectivity index (χ3v) is 3.13. The van der Waals surface area contributed by atoms with Gasteiger partial charge in [0, 0.05) is 17.6 Å². The van der Waals surface area contributed by atoms with E-state index in [1.54, 1.807) is 18.5 Å². The monoisotopic (exact) mass is 296 g/mol. The van der Waals surface area contributed by atoms with E-state index < -0.39 is 5.82 Å². The summed E-state index contributed by atoms with van der Waals surface area (Å²) in [6.07, 6.45) is 8.78. The van der Waals surface area contributed by atoms with Gasteiger partial charge < -0.3 is 5.11 Å². The Balaban J connectivity index is 1.81. The van der Waals surface area contributed by atoms with E-state index in [1.807, 2.05) is 0 Å². The van der Waals surface area contributed by atoms with Gasteiger partial charge >= 0.3 is 0 Å². The lowest BCUT2D eigenvalue weighted by Crippen LogP contribution is -1.96. The molecule has 4 rings (SSSR count). The Morgan fingerprint density at radius 2 is 1.91 bits per heavy atom. The van der Waals surface area contributed by atoms with Crippen LogP contribution in [0.1, 0.15) is 0 Å². The number of aromatic hydroxyl groups is 1. The zero-order valence-electron chi connectivity index (χ0n) is 11.1. The van der Waals surface area contributed by atoms with Crippen molar-refractivity contribution in [3.63, 3.8) is 0 Å². The van der Waals surface area contributed by atoms with E-state index in [1.165, 1.54) is 34.0 Å². The highest BCUT2D eigenvalue weighted by molar-refractivity contribution is 5.79. The van der Waals surface area contributed by atoms with Gasteiger partial charge in [-0.25, -0.2) is 18.7 Å². The minimum atomic E-state index is -0.428. The fourth-order valence-corrected chi connectivity index (χ4v) is 2.14. The second-order valence-corrected chi connectivity index (χ2v) is 4.68. The highest BCUT2D eigenvalue weighted by Crippen LogP contribution is 2.18. The molecule has 0 aromatic carbocycles. The zero-order valence-corrected chi connectivity index (χ0v) is 11.1. The van der Waals surface area contributed by atoms with Gasteiger partial charge in [-0.1, -0.05) is 0 Å². The van der Waals surface area contributed by atoms with Crippen LogP contribution in [-0.4, -0.2) is 34.6 Å². The molecule has 0 spiro atoms. The zero-order chi connectivity index (χ0) is 15.1. The minimum absolute atomic E-state index is 0.0587. The van der Waals surface area contributed by atoms with Gasteiger partial charge in [0.1, 0.15) is 11.3 Å². The van der Waals surface area contributed by atoms with Gasteiger partial charge in [0.05, 0.1) is 36.7 Å². The van der Waals surface area contributed by atoms with Crippen LogP contribution in [0.2, 0.25) is 0 Å². The molecule has 1 N–H and O–H groups in total. The smallest absolute Gasteiger partial charge is 0.154 e. The first-order valence-corrected chi connectivity index (χ1v) is 6.39. The molecule has 0 saturated carbocycles. The normalized spacial score (nSPS) is 11.1. The van der Waals surface area contributed by atoms with Gasteiger partial charge in [0.15, 0.2) is 11.6 Å². The molecule has 0 aliphatic rings. The molecule has 0 aliphatic heterocycles. The number of hydrogen-bond acceptors (Lipinski definition) is 5. The molecule has 0 fully saturated rings. The molecule has 22 heavy (non-hydrogen) atoms. The highest BCUT2D eigenvalue weighted by atomic mass is 19.1. The Hall–Kier alpha value is -3.29. The molecule has 0 bridgehead atoms. The molecule has 8 heteroatoms. The molecule has 4 heterocycles. The van der Waals surface area contributed by atoms with Crippen molar-refractivity contribution >= 4 is 10.9 Å². The van der Waals surface area contributed by atoms with Gasteiger partial charge in [-0.05, 0) is 6.07 Å². The molecule has 0 saturated heterocycles. The number of nitrogens with zero attached hydrogens (tertiary/aromatic N) is 6. The lowest BCUT2D eigenvalue weighted by molar-refractivity contribution is 0.475. The third-order valence-electron chi connectivity index (χ3n) is 3.13. The van der Waals surface area contributed by atoms with Gasteiger partial charge in [-0.15, -0.1) is 0 Å². The standard InChI is InChI=1S/C14H9FN6O/c15-10-2-11(4-16-3-10)20-7-9-1-14(17-6-13(9)19-20)21-8-12(22)5-18-21/h1-8,22H. The van der Waals surface area contributed by atoms with Crippen LogP contribution in [0.5, 0.6) is 5.75 Å². The summed E-state index contributed by atoms with van der Waals surface area (Å²) in [6.45, 7) is 0. The molecule has 0 atom stereocenters. The number of halogens is 1. The highest BCUT2D eigenvalue weighted by Gasteiger charge is 2.08.